The van der Waals surface area contributed by atoms with Gasteiger partial charge in [-0.3, -0.25) is 9.78 Å². The number of carbonyl (C=O) groups excluding carboxylic acids is 1. The molecule has 4 aromatic rings. The van der Waals surface area contributed by atoms with E-state index in [-0.39, 0.29) is 5.91 Å². The highest BCUT2D eigenvalue weighted by atomic mass is 35.5. The van der Waals surface area contributed by atoms with Gasteiger partial charge in [0.1, 0.15) is 0 Å². The molecule has 0 saturated carbocycles. The van der Waals surface area contributed by atoms with Crippen LogP contribution in [0.1, 0.15) is 15.9 Å². The first kappa shape index (κ1) is 19.4. The highest BCUT2D eigenvalue weighted by Gasteiger charge is 2.14. The molecule has 0 saturated heterocycles. The number of amides is 1. The van der Waals surface area contributed by atoms with Crippen LogP contribution >= 0.6 is 23.2 Å². The van der Waals surface area contributed by atoms with Gasteiger partial charge in [0, 0.05) is 39.9 Å². The van der Waals surface area contributed by atoms with Crippen LogP contribution in [0.5, 0.6) is 0 Å². The number of rotatable bonds is 5. The number of hydrogen-bond donors (Lipinski definition) is 1. The van der Waals surface area contributed by atoms with Gasteiger partial charge in [-0.2, -0.15) is 0 Å². The van der Waals surface area contributed by atoms with Gasteiger partial charge >= 0.3 is 0 Å². The summed E-state index contributed by atoms with van der Waals surface area (Å²) in [5.74, 6) is -0.163. The van der Waals surface area contributed by atoms with Crippen molar-refractivity contribution in [2.75, 3.05) is 6.54 Å². The lowest BCUT2D eigenvalue weighted by atomic mass is 10.0. The second-order valence-corrected chi connectivity index (χ2v) is 7.46. The Balaban J connectivity index is 1.62. The predicted octanol–water partition coefficient (Wildman–Crippen LogP) is 5.58. The number of carbonyl (C=O) groups is 1. The number of aromatic nitrogens is 2. The van der Waals surface area contributed by atoms with Crippen molar-refractivity contribution < 1.29 is 4.79 Å². The summed E-state index contributed by atoms with van der Waals surface area (Å²) in [6.45, 7) is 0.509. The molecule has 2 aromatic carbocycles. The van der Waals surface area contributed by atoms with Crippen LogP contribution in [0.25, 0.3) is 22.2 Å². The fourth-order valence-corrected chi connectivity index (χ4v) is 3.42. The maximum absolute atomic E-state index is 13.0. The largest absolute Gasteiger partial charge is 0.352 e. The molecule has 0 radical (unpaired) electrons. The molecule has 0 fully saturated rings. The molecule has 2 aromatic heterocycles. The summed E-state index contributed by atoms with van der Waals surface area (Å²) in [5.41, 5.74) is 3.97. The van der Waals surface area contributed by atoms with Crippen molar-refractivity contribution in [2.24, 2.45) is 0 Å². The van der Waals surface area contributed by atoms with Crippen molar-refractivity contribution in [3.05, 3.63) is 94.2 Å². The fraction of sp³-hybridized carbons (Fsp3) is 0.0870. The van der Waals surface area contributed by atoms with Crippen molar-refractivity contribution in [3.63, 3.8) is 0 Å². The van der Waals surface area contributed by atoms with Gasteiger partial charge in [-0.05, 0) is 60.5 Å². The highest BCUT2D eigenvalue weighted by molar-refractivity contribution is 6.31. The molecule has 4 rings (SSSR count). The molecule has 4 nitrogen and oxygen atoms in total. The van der Waals surface area contributed by atoms with Gasteiger partial charge in [-0.15, -0.1) is 0 Å². The van der Waals surface area contributed by atoms with E-state index >= 15 is 0 Å². The third-order valence-corrected chi connectivity index (χ3v) is 5.09. The average Bonchev–Trinajstić information content (AvgIpc) is 2.75. The first-order valence-corrected chi connectivity index (χ1v) is 9.89. The lowest BCUT2D eigenvalue weighted by Crippen LogP contribution is -2.26. The third-order valence-electron chi connectivity index (χ3n) is 4.60. The van der Waals surface area contributed by atoms with Crippen LogP contribution in [0.2, 0.25) is 10.0 Å². The van der Waals surface area contributed by atoms with Gasteiger partial charge < -0.3 is 5.32 Å². The molecule has 2 heterocycles. The predicted molar refractivity (Wildman–Crippen MR) is 117 cm³/mol. The van der Waals surface area contributed by atoms with Crippen molar-refractivity contribution >= 4 is 40.0 Å². The van der Waals surface area contributed by atoms with Crippen molar-refractivity contribution in [1.82, 2.24) is 15.3 Å². The van der Waals surface area contributed by atoms with Crippen LogP contribution in [0.4, 0.5) is 0 Å². The molecular formula is C23H17Cl2N3O. The monoisotopic (exact) mass is 421 g/mol. The number of benzene rings is 2. The van der Waals surface area contributed by atoms with Crippen LogP contribution < -0.4 is 5.32 Å². The minimum atomic E-state index is -0.163. The molecule has 1 amide bonds. The Morgan fingerprint density at radius 1 is 0.897 bits per heavy atom. The molecule has 0 aliphatic carbocycles. The Morgan fingerprint density at radius 3 is 2.38 bits per heavy atom. The third kappa shape index (κ3) is 4.56. The van der Waals surface area contributed by atoms with Crippen LogP contribution in [0.3, 0.4) is 0 Å². The smallest absolute Gasteiger partial charge is 0.252 e. The van der Waals surface area contributed by atoms with Crippen molar-refractivity contribution in [2.45, 2.75) is 6.42 Å². The molecule has 0 atom stereocenters. The lowest BCUT2D eigenvalue weighted by Gasteiger charge is -2.11. The molecule has 0 aliphatic heterocycles. The van der Waals surface area contributed by atoms with E-state index in [9.17, 15) is 4.79 Å². The van der Waals surface area contributed by atoms with Crippen LogP contribution in [0, 0.1) is 0 Å². The summed E-state index contributed by atoms with van der Waals surface area (Å²) in [6, 6.07) is 18.5. The maximum Gasteiger partial charge on any atom is 0.252 e. The van der Waals surface area contributed by atoms with Gasteiger partial charge in [-0.25, -0.2) is 4.98 Å². The van der Waals surface area contributed by atoms with Gasteiger partial charge in [0.25, 0.3) is 5.91 Å². The summed E-state index contributed by atoms with van der Waals surface area (Å²) >= 11 is 12.1. The second kappa shape index (κ2) is 8.60. The van der Waals surface area contributed by atoms with E-state index in [0.29, 0.717) is 39.8 Å². The van der Waals surface area contributed by atoms with E-state index in [1.807, 2.05) is 42.5 Å². The van der Waals surface area contributed by atoms with Gasteiger partial charge in [0.15, 0.2) is 0 Å². The van der Waals surface area contributed by atoms with Gasteiger partial charge in [0.2, 0.25) is 0 Å². The molecule has 29 heavy (non-hydrogen) atoms. The van der Waals surface area contributed by atoms with E-state index in [1.54, 1.807) is 30.6 Å². The maximum atomic E-state index is 13.0. The standard InChI is InChI=1S/C23H17Cl2N3O/c24-17-3-1-15(2-4-17)7-12-27-23(29)20-14-22(16-8-10-26-11-9-16)28-21-6-5-18(25)13-19(20)21/h1-6,8-11,13-14H,7,12H2,(H,27,29). The number of halogens is 2. The Labute approximate surface area is 178 Å². The van der Waals surface area contributed by atoms with E-state index in [1.165, 1.54) is 0 Å². The second-order valence-electron chi connectivity index (χ2n) is 6.58. The van der Waals surface area contributed by atoms with Crippen molar-refractivity contribution in [1.29, 1.82) is 0 Å². The summed E-state index contributed by atoms with van der Waals surface area (Å²) < 4.78 is 0. The summed E-state index contributed by atoms with van der Waals surface area (Å²) in [4.78, 5) is 21.7. The lowest BCUT2D eigenvalue weighted by molar-refractivity contribution is 0.0956. The zero-order valence-corrected chi connectivity index (χ0v) is 16.9. The Bertz CT molecular complexity index is 1160. The van der Waals surface area contributed by atoms with Crippen LogP contribution in [-0.4, -0.2) is 22.4 Å². The minimum Gasteiger partial charge on any atom is -0.352 e. The average molecular weight is 422 g/mol. The summed E-state index contributed by atoms with van der Waals surface area (Å²) in [7, 11) is 0. The van der Waals surface area contributed by atoms with Crippen LogP contribution in [0.15, 0.2) is 73.1 Å². The highest BCUT2D eigenvalue weighted by Crippen LogP contribution is 2.27. The molecule has 1 N–H and O–H groups in total. The number of pyridine rings is 2. The van der Waals surface area contributed by atoms with E-state index in [4.69, 9.17) is 23.2 Å². The summed E-state index contributed by atoms with van der Waals surface area (Å²) in [5, 5.41) is 4.98. The molecule has 0 spiro atoms. The van der Waals surface area contributed by atoms with E-state index < -0.39 is 0 Å². The quantitative estimate of drug-likeness (QED) is 0.457. The number of fused-ring (bicyclic) bond motifs is 1. The molecule has 0 unspecified atom stereocenters. The Hall–Kier alpha value is -2.95. The van der Waals surface area contributed by atoms with Crippen molar-refractivity contribution in [3.8, 4) is 11.3 Å². The first-order chi connectivity index (χ1) is 14.1. The normalized spacial score (nSPS) is 10.8. The van der Waals surface area contributed by atoms with Crippen LogP contribution in [-0.2, 0) is 6.42 Å². The molecule has 144 valence electrons. The molecule has 6 heteroatoms. The molecule has 0 aliphatic rings. The number of hydrogen-bond acceptors (Lipinski definition) is 3. The molecular weight excluding hydrogens is 405 g/mol. The van der Waals surface area contributed by atoms with E-state index in [2.05, 4.69) is 15.3 Å². The summed E-state index contributed by atoms with van der Waals surface area (Å²) in [6.07, 6.45) is 4.12. The Kier molecular flexibility index (Phi) is 5.74. The fourth-order valence-electron chi connectivity index (χ4n) is 3.12. The number of nitrogens with zero attached hydrogens (tertiary/aromatic N) is 2. The number of nitrogens with one attached hydrogen (secondary N) is 1. The zero-order valence-electron chi connectivity index (χ0n) is 15.4. The minimum absolute atomic E-state index is 0.163. The Morgan fingerprint density at radius 2 is 1.62 bits per heavy atom. The molecule has 0 bridgehead atoms. The van der Waals surface area contributed by atoms with Gasteiger partial charge in [0.05, 0.1) is 16.8 Å². The topological polar surface area (TPSA) is 54.9 Å². The van der Waals surface area contributed by atoms with Gasteiger partial charge in [-0.1, -0.05) is 35.3 Å². The first-order valence-electron chi connectivity index (χ1n) is 9.13. The SMILES string of the molecule is O=C(NCCc1ccc(Cl)cc1)c1cc(-c2ccncc2)nc2ccc(Cl)cc12. The zero-order chi connectivity index (χ0) is 20.2. The van der Waals surface area contributed by atoms with E-state index in [0.717, 1.165) is 16.5 Å².